The molecule has 0 unspecified atom stereocenters. The summed E-state index contributed by atoms with van der Waals surface area (Å²) < 4.78 is 19.1. The molecule has 0 spiro atoms. The third kappa shape index (κ3) is 6.19. The summed E-state index contributed by atoms with van der Waals surface area (Å²) >= 11 is 2.53. The molecule has 5 aromatic rings. The lowest BCUT2D eigenvalue weighted by atomic mass is 9.94. The van der Waals surface area contributed by atoms with Gasteiger partial charge in [0.05, 0.1) is 30.0 Å². The number of hydrogen-bond donors (Lipinski definition) is 1. The molecule has 1 aliphatic heterocycles. The number of nitrogens with zero attached hydrogens (tertiary/aromatic N) is 4. The van der Waals surface area contributed by atoms with Crippen molar-refractivity contribution in [3.8, 4) is 11.5 Å². The Labute approximate surface area is 266 Å². The van der Waals surface area contributed by atoms with Gasteiger partial charge in [-0.15, -0.1) is 0 Å². The number of amides is 1. The highest BCUT2D eigenvalue weighted by Crippen LogP contribution is 2.37. The Morgan fingerprint density at radius 1 is 1.00 bits per heavy atom. The van der Waals surface area contributed by atoms with Crippen molar-refractivity contribution in [2.24, 2.45) is 4.99 Å². The van der Waals surface area contributed by atoms with Gasteiger partial charge in [0.1, 0.15) is 23.3 Å². The molecule has 45 heavy (non-hydrogen) atoms. The van der Waals surface area contributed by atoms with E-state index >= 15 is 0 Å². The molecule has 10 nitrogen and oxygen atoms in total. The normalized spacial score (nSPS) is 14.6. The number of fused-ring (bicyclic) bond motifs is 1. The van der Waals surface area contributed by atoms with E-state index in [1.165, 1.54) is 34.8 Å². The summed E-state index contributed by atoms with van der Waals surface area (Å²) in [4.78, 5) is 42.1. The first kappa shape index (κ1) is 30.1. The van der Waals surface area contributed by atoms with Crippen molar-refractivity contribution in [1.29, 1.82) is 0 Å². The molecule has 0 saturated carbocycles. The molecule has 0 aliphatic carbocycles. The first-order valence-electron chi connectivity index (χ1n) is 13.9. The predicted octanol–water partition coefficient (Wildman–Crippen LogP) is 5.04. The van der Waals surface area contributed by atoms with E-state index in [0.717, 1.165) is 11.4 Å². The number of benzene rings is 2. The highest BCUT2D eigenvalue weighted by molar-refractivity contribution is 7.99. The molecule has 1 aliphatic rings. The minimum Gasteiger partial charge on any atom is -0.497 e. The van der Waals surface area contributed by atoms with Crippen LogP contribution in [-0.2, 0) is 4.79 Å². The molecule has 228 valence electrons. The van der Waals surface area contributed by atoms with Gasteiger partial charge < -0.3 is 19.2 Å². The van der Waals surface area contributed by atoms with Crippen LogP contribution < -0.4 is 29.7 Å². The van der Waals surface area contributed by atoms with Gasteiger partial charge in [-0.3, -0.25) is 14.2 Å². The van der Waals surface area contributed by atoms with Crippen LogP contribution in [0.25, 0.3) is 6.08 Å². The number of rotatable bonds is 8. The fraction of sp³-hybridized carbons (Fsp3) is 0.182. The van der Waals surface area contributed by atoms with Crippen LogP contribution in [0.5, 0.6) is 11.5 Å². The van der Waals surface area contributed by atoms with Crippen molar-refractivity contribution >= 4 is 40.8 Å². The lowest BCUT2D eigenvalue weighted by Crippen LogP contribution is -2.40. The number of furan rings is 1. The monoisotopic (exact) mass is 639 g/mol. The van der Waals surface area contributed by atoms with Crippen LogP contribution >= 0.6 is 23.1 Å². The lowest BCUT2D eigenvalue weighted by molar-refractivity contribution is -0.113. The summed E-state index contributed by atoms with van der Waals surface area (Å²) in [6.45, 7) is 5.60. The van der Waals surface area contributed by atoms with Crippen LogP contribution in [-0.4, -0.2) is 34.7 Å². The highest BCUT2D eigenvalue weighted by atomic mass is 32.2. The number of allylic oxidation sites excluding steroid dienone is 1. The molecule has 1 atom stereocenters. The summed E-state index contributed by atoms with van der Waals surface area (Å²) in [5.74, 6) is 1.16. The van der Waals surface area contributed by atoms with E-state index in [0.29, 0.717) is 59.4 Å². The molecule has 4 heterocycles. The Morgan fingerprint density at radius 3 is 2.47 bits per heavy atom. The van der Waals surface area contributed by atoms with Crippen LogP contribution in [0.2, 0.25) is 0 Å². The largest absolute Gasteiger partial charge is 0.497 e. The van der Waals surface area contributed by atoms with E-state index in [1.54, 1.807) is 56.5 Å². The van der Waals surface area contributed by atoms with Gasteiger partial charge in [0.15, 0.2) is 15.1 Å². The number of anilines is 1. The second-order valence-corrected chi connectivity index (χ2v) is 12.2. The molecule has 0 radical (unpaired) electrons. The third-order valence-electron chi connectivity index (χ3n) is 7.06. The van der Waals surface area contributed by atoms with E-state index in [4.69, 9.17) is 18.9 Å². The van der Waals surface area contributed by atoms with Gasteiger partial charge in [-0.05, 0) is 75.0 Å². The van der Waals surface area contributed by atoms with E-state index in [1.807, 2.05) is 44.2 Å². The number of para-hydroxylation sites is 1. The molecule has 0 saturated heterocycles. The summed E-state index contributed by atoms with van der Waals surface area (Å²) in [7, 11) is 3.10. The number of carbonyl (C=O) groups is 1. The molecule has 12 heteroatoms. The molecule has 1 N–H and O–H groups in total. The average Bonchev–Trinajstić information content (AvgIpc) is 3.58. The summed E-state index contributed by atoms with van der Waals surface area (Å²) in [6, 6.07) is 19.1. The first-order chi connectivity index (χ1) is 21.7. The lowest BCUT2D eigenvalue weighted by Gasteiger charge is -2.26. The Bertz CT molecular complexity index is 2110. The zero-order valence-corrected chi connectivity index (χ0v) is 26.8. The number of hydrogen-bond acceptors (Lipinski definition) is 10. The van der Waals surface area contributed by atoms with Crippen molar-refractivity contribution in [2.75, 3.05) is 19.5 Å². The fourth-order valence-electron chi connectivity index (χ4n) is 5.10. The minimum atomic E-state index is -0.822. The number of thiazole rings is 1. The SMILES string of the molecule is COc1ccc([C@@H]2C(C(=O)Nc3ccccc3)=C(C)N=c3s/c(=C/c4ccc(Sc5nc(C)cc(C)n5)o4)c(=O)n32)c(OC)c1. The number of methoxy groups -OCH3 is 2. The number of nitrogens with one attached hydrogen (secondary N) is 1. The van der Waals surface area contributed by atoms with Crippen LogP contribution in [0.1, 0.15) is 35.7 Å². The zero-order valence-electron chi connectivity index (χ0n) is 25.2. The van der Waals surface area contributed by atoms with E-state index < -0.39 is 6.04 Å². The number of carbonyl (C=O) groups excluding carboxylic acids is 1. The Balaban J connectivity index is 1.44. The number of aromatic nitrogens is 3. The highest BCUT2D eigenvalue weighted by Gasteiger charge is 2.34. The molecule has 0 bridgehead atoms. The molecule has 1 amide bonds. The van der Waals surface area contributed by atoms with E-state index in [-0.39, 0.29) is 11.5 Å². The zero-order chi connectivity index (χ0) is 31.7. The van der Waals surface area contributed by atoms with Gasteiger partial charge in [0, 0.05) is 34.8 Å². The van der Waals surface area contributed by atoms with E-state index in [9.17, 15) is 9.59 Å². The minimum absolute atomic E-state index is 0.317. The quantitative estimate of drug-likeness (QED) is 0.235. The van der Waals surface area contributed by atoms with E-state index in [2.05, 4.69) is 15.3 Å². The van der Waals surface area contributed by atoms with Crippen molar-refractivity contribution < 1.29 is 18.7 Å². The summed E-state index contributed by atoms with van der Waals surface area (Å²) in [5.41, 5.74) is 3.47. The summed E-state index contributed by atoms with van der Waals surface area (Å²) in [6.07, 6.45) is 1.68. The second-order valence-electron chi connectivity index (χ2n) is 10.2. The van der Waals surface area contributed by atoms with Crippen molar-refractivity contribution in [2.45, 2.75) is 37.1 Å². The number of ether oxygens (including phenoxy) is 2. The average molecular weight is 640 g/mol. The Kier molecular flexibility index (Phi) is 8.42. The fourth-order valence-corrected chi connectivity index (χ4v) is 6.96. The Morgan fingerprint density at radius 2 is 1.76 bits per heavy atom. The van der Waals surface area contributed by atoms with Crippen LogP contribution in [0.15, 0.2) is 102 Å². The molecule has 2 aromatic carbocycles. The maximum absolute atomic E-state index is 14.1. The Hall–Kier alpha value is -4.94. The van der Waals surface area contributed by atoms with Gasteiger partial charge in [0.25, 0.3) is 11.5 Å². The topological polar surface area (TPSA) is 121 Å². The molecule has 3 aromatic heterocycles. The first-order valence-corrected chi connectivity index (χ1v) is 15.6. The second kappa shape index (κ2) is 12.6. The maximum Gasteiger partial charge on any atom is 0.271 e. The molecular formula is C33H29N5O5S2. The van der Waals surface area contributed by atoms with Crippen molar-refractivity contribution in [3.05, 3.63) is 120 Å². The molecule has 6 rings (SSSR count). The third-order valence-corrected chi connectivity index (χ3v) is 8.83. The van der Waals surface area contributed by atoms with Gasteiger partial charge in [-0.1, -0.05) is 29.5 Å². The van der Waals surface area contributed by atoms with Gasteiger partial charge in [-0.2, -0.15) is 0 Å². The summed E-state index contributed by atoms with van der Waals surface area (Å²) in [5, 5.41) is 4.13. The van der Waals surface area contributed by atoms with Gasteiger partial charge in [0.2, 0.25) is 0 Å². The smallest absolute Gasteiger partial charge is 0.271 e. The van der Waals surface area contributed by atoms with Crippen molar-refractivity contribution in [3.63, 3.8) is 0 Å². The predicted molar refractivity (Wildman–Crippen MR) is 173 cm³/mol. The maximum atomic E-state index is 14.1. The van der Waals surface area contributed by atoms with Gasteiger partial charge >= 0.3 is 0 Å². The van der Waals surface area contributed by atoms with Crippen molar-refractivity contribution in [1.82, 2.24) is 14.5 Å². The standard InChI is InChI=1S/C33H29N5O5S2/c1-18-15-19(2)35-32(34-18)45-27-14-12-23(43-27)17-26-31(40)38-29(24-13-11-22(41-4)16-25(24)42-5)28(20(3)36-33(38)44-26)30(39)37-21-9-7-6-8-10-21/h6-17,29H,1-5H3,(H,37,39)/b26-17+/t29-/m1/s1. The van der Waals surface area contributed by atoms with Crippen LogP contribution in [0.3, 0.4) is 0 Å². The molecular weight excluding hydrogens is 611 g/mol. The van der Waals surface area contributed by atoms with Crippen LogP contribution in [0, 0.1) is 13.8 Å². The van der Waals surface area contributed by atoms with Crippen LogP contribution in [0.4, 0.5) is 5.69 Å². The number of aryl methyl sites for hydroxylation is 2. The van der Waals surface area contributed by atoms with Gasteiger partial charge in [-0.25, -0.2) is 15.0 Å². The molecule has 0 fully saturated rings.